The quantitative estimate of drug-likeness (QED) is 0.787. The van der Waals surface area contributed by atoms with E-state index in [0.29, 0.717) is 6.04 Å². The van der Waals surface area contributed by atoms with Crippen LogP contribution in [0.3, 0.4) is 0 Å². The Labute approximate surface area is 124 Å². The van der Waals surface area contributed by atoms with Crippen molar-refractivity contribution in [3.05, 3.63) is 29.6 Å². The van der Waals surface area contributed by atoms with E-state index in [0.717, 1.165) is 31.6 Å². The van der Waals surface area contributed by atoms with Crippen LogP contribution in [0, 0.1) is 6.92 Å². The van der Waals surface area contributed by atoms with E-state index in [1.807, 2.05) is 13.1 Å². The molecule has 0 spiro atoms. The highest BCUT2D eigenvalue weighted by Gasteiger charge is 2.40. The van der Waals surface area contributed by atoms with Crippen molar-refractivity contribution in [2.75, 3.05) is 20.1 Å². The smallest absolute Gasteiger partial charge is 0.0519 e. The van der Waals surface area contributed by atoms with Crippen molar-refractivity contribution in [2.45, 2.75) is 59.0 Å². The first kappa shape index (κ1) is 17.1. The second-order valence-electron chi connectivity index (χ2n) is 5.44. The molecule has 0 aliphatic carbocycles. The topological polar surface area (TPSA) is 28.2 Å². The first-order valence-corrected chi connectivity index (χ1v) is 7.94. The molecular weight excluding hydrogens is 246 g/mol. The Morgan fingerprint density at radius 2 is 1.75 bits per heavy atom. The number of hydrogen-bond donors (Lipinski definition) is 1. The SMILES string of the molecule is CCN(CC)C(CC)(CC)C(NC)c1ccc(C)nc1. The summed E-state index contributed by atoms with van der Waals surface area (Å²) in [5.41, 5.74) is 2.51. The third-order valence-electron chi connectivity index (χ3n) is 4.71. The zero-order chi connectivity index (χ0) is 15.2. The van der Waals surface area contributed by atoms with E-state index in [1.165, 1.54) is 5.56 Å². The van der Waals surface area contributed by atoms with E-state index >= 15 is 0 Å². The molecule has 0 saturated carbocycles. The number of hydrogen-bond acceptors (Lipinski definition) is 3. The Morgan fingerprint density at radius 1 is 1.15 bits per heavy atom. The normalized spacial score (nSPS) is 13.8. The maximum atomic E-state index is 4.48. The van der Waals surface area contributed by atoms with Gasteiger partial charge in [-0.3, -0.25) is 9.88 Å². The zero-order valence-corrected chi connectivity index (χ0v) is 14.0. The lowest BCUT2D eigenvalue weighted by Crippen LogP contribution is -2.55. The molecule has 0 fully saturated rings. The standard InChI is InChI=1S/C17H31N3/c1-7-17(8-2,20(9-3)10-4)16(18-6)15-12-11-14(5)19-13-15/h11-13,16,18H,7-10H2,1-6H3. The monoisotopic (exact) mass is 277 g/mol. The second kappa shape index (κ2) is 7.75. The van der Waals surface area contributed by atoms with E-state index < -0.39 is 0 Å². The van der Waals surface area contributed by atoms with Crippen molar-refractivity contribution in [3.63, 3.8) is 0 Å². The number of nitrogens with one attached hydrogen (secondary N) is 1. The number of likely N-dealkylation sites (N-methyl/N-ethyl adjacent to an activating group) is 2. The van der Waals surface area contributed by atoms with E-state index in [-0.39, 0.29) is 5.54 Å². The minimum absolute atomic E-state index is 0.148. The summed E-state index contributed by atoms with van der Waals surface area (Å²) in [7, 11) is 2.06. The lowest BCUT2D eigenvalue weighted by atomic mass is 9.79. The number of pyridine rings is 1. The van der Waals surface area contributed by atoms with Crippen molar-refractivity contribution in [2.24, 2.45) is 0 Å². The van der Waals surface area contributed by atoms with Crippen LogP contribution in [0.2, 0.25) is 0 Å². The molecule has 0 aliphatic heterocycles. The van der Waals surface area contributed by atoms with Gasteiger partial charge >= 0.3 is 0 Å². The molecule has 1 aromatic rings. The van der Waals surface area contributed by atoms with Gasteiger partial charge in [-0.2, -0.15) is 0 Å². The van der Waals surface area contributed by atoms with Gasteiger partial charge in [0.25, 0.3) is 0 Å². The molecule has 0 radical (unpaired) electrons. The van der Waals surface area contributed by atoms with Crippen LogP contribution in [0.1, 0.15) is 57.8 Å². The molecule has 0 bridgehead atoms. The Morgan fingerprint density at radius 3 is 2.10 bits per heavy atom. The molecule has 0 amide bonds. The minimum Gasteiger partial charge on any atom is -0.311 e. The van der Waals surface area contributed by atoms with Crippen molar-refractivity contribution < 1.29 is 0 Å². The van der Waals surface area contributed by atoms with Crippen LogP contribution in [-0.4, -0.2) is 35.6 Å². The van der Waals surface area contributed by atoms with Gasteiger partial charge in [-0.15, -0.1) is 0 Å². The first-order valence-electron chi connectivity index (χ1n) is 7.94. The van der Waals surface area contributed by atoms with Gasteiger partial charge in [0.2, 0.25) is 0 Å². The highest BCUT2D eigenvalue weighted by Crippen LogP contribution is 2.36. The Bertz CT molecular complexity index is 378. The second-order valence-corrected chi connectivity index (χ2v) is 5.44. The van der Waals surface area contributed by atoms with Crippen LogP contribution in [0.5, 0.6) is 0 Å². The highest BCUT2D eigenvalue weighted by molar-refractivity contribution is 5.22. The zero-order valence-electron chi connectivity index (χ0n) is 14.0. The molecular formula is C17H31N3. The van der Waals surface area contributed by atoms with Gasteiger partial charge in [0, 0.05) is 17.4 Å². The molecule has 0 saturated heterocycles. The van der Waals surface area contributed by atoms with Crippen molar-refractivity contribution >= 4 is 0 Å². The van der Waals surface area contributed by atoms with E-state index in [9.17, 15) is 0 Å². The van der Waals surface area contributed by atoms with Crippen molar-refractivity contribution in [1.29, 1.82) is 0 Å². The maximum absolute atomic E-state index is 4.48. The highest BCUT2D eigenvalue weighted by atomic mass is 15.2. The predicted molar refractivity (Wildman–Crippen MR) is 87.0 cm³/mol. The number of aryl methyl sites for hydroxylation is 1. The van der Waals surface area contributed by atoms with Crippen molar-refractivity contribution in [3.8, 4) is 0 Å². The molecule has 3 heteroatoms. The average Bonchev–Trinajstić information content (AvgIpc) is 2.49. The van der Waals surface area contributed by atoms with E-state index in [2.05, 4.69) is 62.1 Å². The maximum Gasteiger partial charge on any atom is 0.0519 e. The Balaban J connectivity index is 3.24. The molecule has 20 heavy (non-hydrogen) atoms. The third-order valence-corrected chi connectivity index (χ3v) is 4.71. The van der Waals surface area contributed by atoms with Crippen LogP contribution in [0.4, 0.5) is 0 Å². The van der Waals surface area contributed by atoms with Crippen LogP contribution in [0.15, 0.2) is 18.3 Å². The fraction of sp³-hybridized carbons (Fsp3) is 0.706. The van der Waals surface area contributed by atoms with Crippen molar-refractivity contribution in [1.82, 2.24) is 15.2 Å². The third kappa shape index (κ3) is 3.21. The molecule has 1 N–H and O–H groups in total. The molecule has 1 unspecified atom stereocenters. The lowest BCUT2D eigenvalue weighted by molar-refractivity contribution is 0.0513. The van der Waals surface area contributed by atoms with Gasteiger partial charge < -0.3 is 5.32 Å². The van der Waals surface area contributed by atoms with Gasteiger partial charge in [-0.1, -0.05) is 33.8 Å². The van der Waals surface area contributed by atoms with Crippen LogP contribution >= 0.6 is 0 Å². The van der Waals surface area contributed by atoms with Crippen LogP contribution in [0.25, 0.3) is 0 Å². The summed E-state index contributed by atoms with van der Waals surface area (Å²) in [4.78, 5) is 7.07. The van der Waals surface area contributed by atoms with Crippen LogP contribution < -0.4 is 5.32 Å². The number of aromatic nitrogens is 1. The van der Waals surface area contributed by atoms with Gasteiger partial charge in [0.05, 0.1) is 6.04 Å². The van der Waals surface area contributed by atoms with E-state index in [4.69, 9.17) is 0 Å². The summed E-state index contributed by atoms with van der Waals surface area (Å²) in [6, 6.07) is 4.64. The van der Waals surface area contributed by atoms with Gasteiger partial charge in [-0.05, 0) is 51.5 Å². The van der Waals surface area contributed by atoms with Gasteiger partial charge in [0.1, 0.15) is 0 Å². The lowest BCUT2D eigenvalue weighted by Gasteiger charge is -2.48. The summed E-state index contributed by atoms with van der Waals surface area (Å²) in [5, 5.41) is 3.55. The molecule has 1 heterocycles. The van der Waals surface area contributed by atoms with Gasteiger partial charge in [0.15, 0.2) is 0 Å². The summed E-state index contributed by atoms with van der Waals surface area (Å²) in [5.74, 6) is 0. The molecule has 0 aliphatic rings. The summed E-state index contributed by atoms with van der Waals surface area (Å²) in [6.45, 7) is 13.3. The fourth-order valence-electron chi connectivity index (χ4n) is 3.54. The largest absolute Gasteiger partial charge is 0.311 e. The molecule has 1 atom stereocenters. The summed E-state index contributed by atoms with van der Waals surface area (Å²) >= 11 is 0. The summed E-state index contributed by atoms with van der Waals surface area (Å²) < 4.78 is 0. The average molecular weight is 277 g/mol. The first-order chi connectivity index (χ1) is 9.59. The molecule has 1 rings (SSSR count). The predicted octanol–water partition coefficient (Wildman–Crippen LogP) is 3.55. The Hall–Kier alpha value is -0.930. The summed E-state index contributed by atoms with van der Waals surface area (Å²) in [6.07, 6.45) is 4.29. The van der Waals surface area contributed by atoms with E-state index in [1.54, 1.807) is 0 Å². The molecule has 114 valence electrons. The number of rotatable bonds is 8. The number of nitrogens with zero attached hydrogens (tertiary/aromatic N) is 2. The molecule has 1 aromatic heterocycles. The Kier molecular flexibility index (Phi) is 6.63. The fourth-order valence-corrected chi connectivity index (χ4v) is 3.54. The minimum atomic E-state index is 0.148. The van der Waals surface area contributed by atoms with Crippen LogP contribution in [-0.2, 0) is 0 Å². The molecule has 0 aromatic carbocycles. The van der Waals surface area contributed by atoms with Gasteiger partial charge in [-0.25, -0.2) is 0 Å². The molecule has 3 nitrogen and oxygen atoms in total.